The number of aromatic nitrogens is 2. The van der Waals surface area contributed by atoms with Crippen LogP contribution in [0.15, 0.2) is 60.9 Å². The van der Waals surface area contributed by atoms with Gasteiger partial charge in [-0.2, -0.15) is 5.10 Å². The van der Waals surface area contributed by atoms with Crippen molar-refractivity contribution in [2.45, 2.75) is 19.4 Å². The maximum atomic E-state index is 13.9. The van der Waals surface area contributed by atoms with Gasteiger partial charge in [-0.3, -0.25) is 24.4 Å². The van der Waals surface area contributed by atoms with E-state index < -0.39 is 35.4 Å². The van der Waals surface area contributed by atoms with Gasteiger partial charge in [0.05, 0.1) is 28.2 Å². The zero-order valence-electron chi connectivity index (χ0n) is 19.0. The van der Waals surface area contributed by atoms with Gasteiger partial charge in [0.2, 0.25) is 0 Å². The Hall–Kier alpha value is -4.18. The van der Waals surface area contributed by atoms with Crippen LogP contribution in [-0.4, -0.2) is 45.4 Å². The minimum Gasteiger partial charge on any atom is -0.346 e. The molecule has 0 saturated heterocycles. The van der Waals surface area contributed by atoms with Crippen molar-refractivity contribution in [1.82, 2.24) is 20.4 Å². The fourth-order valence-electron chi connectivity index (χ4n) is 4.27. The zero-order chi connectivity index (χ0) is 25.4. The molecule has 182 valence electrons. The molecule has 2 aromatic carbocycles. The number of H-pyrrole nitrogens is 1. The van der Waals surface area contributed by atoms with Crippen molar-refractivity contribution in [3.8, 4) is 11.1 Å². The molecule has 2 N–H and O–H groups in total. The van der Waals surface area contributed by atoms with Crippen LogP contribution < -0.4 is 5.32 Å². The average molecular weight is 507 g/mol. The first-order chi connectivity index (χ1) is 17.3. The Morgan fingerprint density at radius 3 is 2.42 bits per heavy atom. The number of amides is 3. The van der Waals surface area contributed by atoms with E-state index in [4.69, 9.17) is 0 Å². The van der Waals surface area contributed by atoms with Crippen molar-refractivity contribution in [2.75, 3.05) is 6.54 Å². The molecule has 3 heterocycles. The number of imide groups is 1. The van der Waals surface area contributed by atoms with Gasteiger partial charge in [-0.25, -0.2) is 8.78 Å². The molecule has 0 aliphatic carbocycles. The summed E-state index contributed by atoms with van der Waals surface area (Å²) >= 11 is 1.30. The highest BCUT2D eigenvalue weighted by Crippen LogP contribution is 2.30. The molecule has 1 atom stereocenters. The lowest BCUT2D eigenvalue weighted by Crippen LogP contribution is -2.46. The number of carbonyl (C=O) groups excluding carboxylic acids is 3. The normalized spacial score (nSPS) is 13.7. The molecule has 7 nitrogen and oxygen atoms in total. The molecule has 0 radical (unpaired) electrons. The number of thiophene rings is 1. The van der Waals surface area contributed by atoms with Gasteiger partial charge >= 0.3 is 0 Å². The number of fused-ring (bicyclic) bond motifs is 1. The van der Waals surface area contributed by atoms with Crippen molar-refractivity contribution in [1.29, 1.82) is 0 Å². The fourth-order valence-corrected chi connectivity index (χ4v) is 5.22. The lowest BCUT2D eigenvalue weighted by molar-refractivity contribution is 0.0629. The fraction of sp³-hybridized carbons (Fsp3) is 0.154. The smallest absolute Gasteiger partial charge is 0.261 e. The van der Waals surface area contributed by atoms with Crippen LogP contribution in [0, 0.1) is 18.6 Å². The van der Waals surface area contributed by atoms with E-state index in [2.05, 4.69) is 15.5 Å². The molecular weight excluding hydrogens is 486 g/mol. The lowest BCUT2D eigenvalue weighted by atomic mass is 10.0. The molecule has 1 aliphatic rings. The second kappa shape index (κ2) is 9.46. The number of carbonyl (C=O) groups is 3. The summed E-state index contributed by atoms with van der Waals surface area (Å²) in [6.07, 6.45) is 3.46. The summed E-state index contributed by atoms with van der Waals surface area (Å²) in [5.41, 5.74) is 2.69. The highest BCUT2D eigenvalue weighted by molar-refractivity contribution is 7.14. The molecule has 1 aliphatic heterocycles. The van der Waals surface area contributed by atoms with E-state index in [0.29, 0.717) is 21.6 Å². The number of benzene rings is 2. The van der Waals surface area contributed by atoms with Crippen LogP contribution >= 0.6 is 11.3 Å². The molecule has 0 saturated carbocycles. The SMILES string of the molecule is Cc1sc(C(=O)NC(Cc2ccc(F)c(F)c2)CN2C(=O)c3ccccc3C2=O)cc1-c1cn[nH]c1. The highest BCUT2D eigenvalue weighted by Gasteiger charge is 2.36. The summed E-state index contributed by atoms with van der Waals surface area (Å²) < 4.78 is 27.3. The maximum absolute atomic E-state index is 13.9. The van der Waals surface area contributed by atoms with Gasteiger partial charge < -0.3 is 5.32 Å². The van der Waals surface area contributed by atoms with E-state index in [-0.39, 0.29) is 13.0 Å². The van der Waals surface area contributed by atoms with Crippen molar-refractivity contribution in [3.63, 3.8) is 0 Å². The van der Waals surface area contributed by atoms with E-state index in [0.717, 1.165) is 33.0 Å². The van der Waals surface area contributed by atoms with Crippen LogP contribution in [-0.2, 0) is 6.42 Å². The Balaban J connectivity index is 1.41. The largest absolute Gasteiger partial charge is 0.346 e. The van der Waals surface area contributed by atoms with Crippen LogP contribution in [0.25, 0.3) is 11.1 Å². The number of halogens is 2. The quantitative estimate of drug-likeness (QED) is 0.364. The predicted octanol–water partition coefficient (Wildman–Crippen LogP) is 4.36. The van der Waals surface area contributed by atoms with Gasteiger partial charge in [0, 0.05) is 23.2 Å². The maximum Gasteiger partial charge on any atom is 0.261 e. The monoisotopic (exact) mass is 506 g/mol. The first-order valence-corrected chi connectivity index (χ1v) is 11.9. The molecule has 5 rings (SSSR count). The summed E-state index contributed by atoms with van der Waals surface area (Å²) in [6.45, 7) is 1.76. The Morgan fingerprint density at radius 1 is 1.06 bits per heavy atom. The van der Waals surface area contributed by atoms with Crippen LogP contribution in [0.2, 0.25) is 0 Å². The minimum absolute atomic E-state index is 0.0787. The second-order valence-corrected chi connectivity index (χ2v) is 9.71. The molecule has 0 fully saturated rings. The minimum atomic E-state index is -1.02. The molecule has 10 heteroatoms. The van der Waals surface area contributed by atoms with Gasteiger partial charge in [0.1, 0.15) is 0 Å². The Labute approximate surface area is 208 Å². The summed E-state index contributed by atoms with van der Waals surface area (Å²) in [7, 11) is 0. The van der Waals surface area contributed by atoms with Gasteiger partial charge in [-0.05, 0) is 54.8 Å². The second-order valence-electron chi connectivity index (χ2n) is 8.46. The molecule has 1 unspecified atom stereocenters. The highest BCUT2D eigenvalue weighted by atomic mass is 32.1. The van der Waals surface area contributed by atoms with Gasteiger partial charge in [0.15, 0.2) is 11.6 Å². The third-order valence-corrected chi connectivity index (χ3v) is 7.08. The first-order valence-electron chi connectivity index (χ1n) is 11.1. The number of nitrogens with zero attached hydrogens (tertiary/aromatic N) is 2. The van der Waals surface area contributed by atoms with Gasteiger partial charge in [-0.1, -0.05) is 18.2 Å². The Bertz CT molecular complexity index is 1450. The average Bonchev–Trinajstić information content (AvgIpc) is 3.58. The summed E-state index contributed by atoms with van der Waals surface area (Å²) in [4.78, 5) is 41.4. The number of aryl methyl sites for hydroxylation is 1. The van der Waals surface area contributed by atoms with Gasteiger partial charge in [0.25, 0.3) is 17.7 Å². The molecule has 4 aromatic rings. The Morgan fingerprint density at radius 2 is 1.78 bits per heavy atom. The molecule has 2 aromatic heterocycles. The van der Waals surface area contributed by atoms with Gasteiger partial charge in [-0.15, -0.1) is 11.3 Å². The van der Waals surface area contributed by atoms with Crippen LogP contribution in [0.3, 0.4) is 0 Å². The molecule has 3 amide bonds. The summed E-state index contributed by atoms with van der Waals surface area (Å²) in [5, 5.41) is 9.57. The van der Waals surface area contributed by atoms with E-state index in [1.54, 1.807) is 42.7 Å². The van der Waals surface area contributed by atoms with E-state index >= 15 is 0 Å². The van der Waals surface area contributed by atoms with Crippen molar-refractivity contribution in [2.24, 2.45) is 0 Å². The molecule has 0 bridgehead atoms. The van der Waals surface area contributed by atoms with E-state index in [9.17, 15) is 23.2 Å². The number of aromatic amines is 1. The van der Waals surface area contributed by atoms with Crippen LogP contribution in [0.4, 0.5) is 8.78 Å². The van der Waals surface area contributed by atoms with Crippen LogP contribution in [0.5, 0.6) is 0 Å². The topological polar surface area (TPSA) is 95.2 Å². The number of hydrogen-bond donors (Lipinski definition) is 2. The standard InChI is InChI=1S/C26H20F2N4O3S/c1-14-20(16-11-29-30-12-16)10-23(36-14)24(33)31-17(8-15-6-7-21(27)22(28)9-15)13-32-25(34)18-4-2-3-5-19(18)26(32)35/h2-7,9-12,17H,8,13H2,1H3,(H,29,30)(H,31,33). The van der Waals surface area contributed by atoms with E-state index in [1.807, 2.05) is 6.92 Å². The van der Waals surface area contributed by atoms with E-state index in [1.165, 1.54) is 17.4 Å². The summed E-state index contributed by atoms with van der Waals surface area (Å²) in [6, 6.07) is 11.0. The van der Waals surface area contributed by atoms with Crippen LogP contribution in [0.1, 0.15) is 40.8 Å². The summed E-state index contributed by atoms with van der Waals surface area (Å²) in [5.74, 6) is -3.33. The third kappa shape index (κ3) is 4.42. The predicted molar refractivity (Wildman–Crippen MR) is 130 cm³/mol. The number of rotatable bonds is 7. The van der Waals surface area contributed by atoms with Crippen molar-refractivity contribution < 1.29 is 23.2 Å². The number of hydrogen-bond acceptors (Lipinski definition) is 5. The van der Waals surface area contributed by atoms with Crippen molar-refractivity contribution in [3.05, 3.63) is 99.0 Å². The number of nitrogens with one attached hydrogen (secondary N) is 2. The third-order valence-electron chi connectivity index (χ3n) is 6.03. The molecule has 0 spiro atoms. The first kappa shape index (κ1) is 23.6. The lowest BCUT2D eigenvalue weighted by Gasteiger charge is -2.24. The Kier molecular flexibility index (Phi) is 6.19. The van der Waals surface area contributed by atoms with Crippen molar-refractivity contribution >= 4 is 29.1 Å². The molecule has 36 heavy (non-hydrogen) atoms. The molecular formula is C26H20F2N4O3S. The zero-order valence-corrected chi connectivity index (χ0v) is 19.9.